The van der Waals surface area contributed by atoms with Crippen LogP contribution in [0.3, 0.4) is 0 Å². The summed E-state index contributed by atoms with van der Waals surface area (Å²) in [6, 6.07) is -0.434. The molecule has 3 amide bonds. The van der Waals surface area contributed by atoms with Crippen LogP contribution in [0.25, 0.3) is 0 Å². The number of rotatable bonds is 2. The molecule has 0 saturated carbocycles. The predicted octanol–water partition coefficient (Wildman–Crippen LogP) is -0.704. The van der Waals surface area contributed by atoms with Crippen molar-refractivity contribution in [2.24, 2.45) is 5.92 Å². The van der Waals surface area contributed by atoms with E-state index >= 15 is 0 Å². The third-order valence-electron chi connectivity index (χ3n) is 3.65. The Bertz CT molecular complexity index is 370. The minimum absolute atomic E-state index is 0.0933. The van der Waals surface area contributed by atoms with Gasteiger partial charge in [0.05, 0.1) is 5.92 Å². The van der Waals surface area contributed by atoms with Crippen LogP contribution >= 0.6 is 0 Å². The first kappa shape index (κ1) is 13.0. The number of hydrogen-bond acceptors (Lipinski definition) is 4. The van der Waals surface area contributed by atoms with Crippen LogP contribution in [0.4, 0.5) is 0 Å². The number of imide groups is 1. The van der Waals surface area contributed by atoms with Crippen molar-refractivity contribution in [3.05, 3.63) is 0 Å². The van der Waals surface area contributed by atoms with Crippen molar-refractivity contribution in [1.29, 1.82) is 0 Å². The Kier molecular flexibility index (Phi) is 3.96. The first-order valence-electron chi connectivity index (χ1n) is 6.45. The first-order chi connectivity index (χ1) is 8.58. The van der Waals surface area contributed by atoms with Gasteiger partial charge in [-0.05, 0) is 32.7 Å². The zero-order valence-electron chi connectivity index (χ0n) is 10.5. The summed E-state index contributed by atoms with van der Waals surface area (Å²) < 4.78 is 0. The third-order valence-corrected chi connectivity index (χ3v) is 3.65. The Hall–Kier alpha value is -1.43. The molecule has 2 heterocycles. The van der Waals surface area contributed by atoms with E-state index < -0.39 is 11.9 Å². The van der Waals surface area contributed by atoms with Gasteiger partial charge in [0.15, 0.2) is 0 Å². The van der Waals surface area contributed by atoms with Gasteiger partial charge in [-0.1, -0.05) is 0 Å². The molecule has 0 aliphatic carbocycles. The van der Waals surface area contributed by atoms with E-state index in [-0.39, 0.29) is 30.2 Å². The fourth-order valence-corrected chi connectivity index (χ4v) is 2.51. The molecule has 0 spiro atoms. The van der Waals surface area contributed by atoms with Gasteiger partial charge in [0, 0.05) is 12.5 Å². The number of amides is 3. The highest BCUT2D eigenvalue weighted by Gasteiger charge is 2.32. The normalized spacial score (nSPS) is 32.8. The third kappa shape index (κ3) is 2.87. The lowest BCUT2D eigenvalue weighted by atomic mass is 9.90. The average molecular weight is 253 g/mol. The van der Waals surface area contributed by atoms with E-state index in [2.05, 4.69) is 16.0 Å². The number of hydrogen-bond donors (Lipinski definition) is 3. The quantitative estimate of drug-likeness (QED) is 0.568. The second kappa shape index (κ2) is 5.48. The highest BCUT2D eigenvalue weighted by molar-refractivity contribution is 6.01. The molecular formula is C12H19N3O3. The Morgan fingerprint density at radius 2 is 2.11 bits per heavy atom. The van der Waals surface area contributed by atoms with Crippen LogP contribution in [0.1, 0.15) is 32.6 Å². The summed E-state index contributed by atoms with van der Waals surface area (Å²) in [6.07, 6.45) is 2.49. The van der Waals surface area contributed by atoms with E-state index in [1.165, 1.54) is 0 Å². The standard InChI is InChI=1S/C12H19N3O3/c1-7-8(3-2-6-13-7)11(17)14-9-4-5-10(16)15-12(9)18/h7-9,13H,2-6H2,1H3,(H,14,17)(H,15,16,18). The summed E-state index contributed by atoms with van der Waals surface area (Å²) >= 11 is 0. The number of piperidine rings is 2. The molecule has 2 aliphatic heterocycles. The van der Waals surface area contributed by atoms with Crippen molar-refractivity contribution in [1.82, 2.24) is 16.0 Å². The molecule has 2 fully saturated rings. The van der Waals surface area contributed by atoms with Crippen LogP contribution in [-0.2, 0) is 14.4 Å². The van der Waals surface area contributed by atoms with E-state index in [4.69, 9.17) is 0 Å². The molecule has 6 heteroatoms. The fraction of sp³-hybridized carbons (Fsp3) is 0.750. The molecule has 0 bridgehead atoms. The SMILES string of the molecule is CC1NCCCC1C(=O)NC1CCC(=O)NC1=O. The maximum Gasteiger partial charge on any atom is 0.249 e. The lowest BCUT2D eigenvalue weighted by Crippen LogP contribution is -2.55. The van der Waals surface area contributed by atoms with Crippen molar-refractivity contribution in [2.75, 3.05) is 6.54 Å². The van der Waals surface area contributed by atoms with Gasteiger partial charge in [0.1, 0.15) is 6.04 Å². The molecule has 0 aromatic rings. The molecule has 3 N–H and O–H groups in total. The second-order valence-corrected chi connectivity index (χ2v) is 5.00. The largest absolute Gasteiger partial charge is 0.344 e. The van der Waals surface area contributed by atoms with Crippen LogP contribution in [-0.4, -0.2) is 36.3 Å². The first-order valence-corrected chi connectivity index (χ1v) is 6.45. The molecule has 18 heavy (non-hydrogen) atoms. The Labute approximate surface area is 106 Å². The zero-order valence-corrected chi connectivity index (χ0v) is 10.5. The molecule has 100 valence electrons. The molecule has 2 aliphatic rings. The number of carbonyl (C=O) groups excluding carboxylic acids is 3. The maximum atomic E-state index is 12.1. The van der Waals surface area contributed by atoms with Crippen LogP contribution < -0.4 is 16.0 Å². The minimum Gasteiger partial charge on any atom is -0.344 e. The Morgan fingerprint density at radius 1 is 1.33 bits per heavy atom. The molecule has 0 aromatic heterocycles. The van der Waals surface area contributed by atoms with Crippen molar-refractivity contribution in [3.63, 3.8) is 0 Å². The van der Waals surface area contributed by atoms with E-state index in [9.17, 15) is 14.4 Å². The smallest absolute Gasteiger partial charge is 0.249 e. The average Bonchev–Trinajstić information content (AvgIpc) is 2.33. The van der Waals surface area contributed by atoms with Crippen molar-refractivity contribution in [2.45, 2.75) is 44.7 Å². The second-order valence-electron chi connectivity index (χ2n) is 5.00. The molecule has 2 saturated heterocycles. The van der Waals surface area contributed by atoms with E-state index in [0.717, 1.165) is 19.4 Å². The van der Waals surface area contributed by atoms with E-state index in [1.54, 1.807) is 0 Å². The Morgan fingerprint density at radius 3 is 2.78 bits per heavy atom. The van der Waals surface area contributed by atoms with Gasteiger partial charge in [-0.25, -0.2) is 0 Å². The molecule has 0 radical (unpaired) electrons. The summed E-state index contributed by atoms with van der Waals surface area (Å²) in [7, 11) is 0. The number of nitrogens with one attached hydrogen (secondary N) is 3. The summed E-state index contributed by atoms with van der Waals surface area (Å²) in [4.78, 5) is 34.6. The van der Waals surface area contributed by atoms with E-state index in [1.807, 2.05) is 6.92 Å². The molecule has 2 rings (SSSR count). The summed E-state index contributed by atoms with van der Waals surface area (Å²) in [5, 5.41) is 8.24. The van der Waals surface area contributed by atoms with Gasteiger partial charge in [-0.15, -0.1) is 0 Å². The fourth-order valence-electron chi connectivity index (χ4n) is 2.51. The lowest BCUT2D eigenvalue weighted by Gasteiger charge is -2.31. The molecule has 3 unspecified atom stereocenters. The van der Waals surface area contributed by atoms with Crippen molar-refractivity contribution >= 4 is 17.7 Å². The molecule has 6 nitrogen and oxygen atoms in total. The van der Waals surface area contributed by atoms with Crippen LogP contribution in [0.5, 0.6) is 0 Å². The molecular weight excluding hydrogens is 234 g/mol. The topological polar surface area (TPSA) is 87.3 Å². The van der Waals surface area contributed by atoms with Gasteiger partial charge in [0.25, 0.3) is 0 Å². The predicted molar refractivity (Wildman–Crippen MR) is 64.5 cm³/mol. The van der Waals surface area contributed by atoms with Crippen LogP contribution in [0.15, 0.2) is 0 Å². The van der Waals surface area contributed by atoms with Crippen LogP contribution in [0, 0.1) is 5.92 Å². The molecule has 0 aromatic carbocycles. The van der Waals surface area contributed by atoms with Crippen molar-refractivity contribution in [3.8, 4) is 0 Å². The zero-order chi connectivity index (χ0) is 13.1. The van der Waals surface area contributed by atoms with Gasteiger partial charge < -0.3 is 10.6 Å². The summed E-state index contributed by atoms with van der Waals surface area (Å²) in [5.41, 5.74) is 0. The Balaban J connectivity index is 1.90. The van der Waals surface area contributed by atoms with Gasteiger partial charge >= 0.3 is 0 Å². The van der Waals surface area contributed by atoms with Gasteiger partial charge in [-0.2, -0.15) is 0 Å². The highest BCUT2D eigenvalue weighted by Crippen LogP contribution is 2.17. The van der Waals surface area contributed by atoms with E-state index in [0.29, 0.717) is 6.42 Å². The summed E-state index contributed by atoms with van der Waals surface area (Å²) in [5.74, 6) is -0.845. The summed E-state index contributed by atoms with van der Waals surface area (Å²) in [6.45, 7) is 2.91. The van der Waals surface area contributed by atoms with Gasteiger partial charge in [0.2, 0.25) is 17.7 Å². The van der Waals surface area contributed by atoms with Crippen LogP contribution in [0.2, 0.25) is 0 Å². The lowest BCUT2D eigenvalue weighted by molar-refractivity contribution is -0.138. The monoisotopic (exact) mass is 253 g/mol. The maximum absolute atomic E-state index is 12.1. The molecule has 3 atom stereocenters. The minimum atomic E-state index is -0.565. The highest BCUT2D eigenvalue weighted by atomic mass is 16.2. The van der Waals surface area contributed by atoms with Gasteiger partial charge in [-0.3, -0.25) is 19.7 Å². The van der Waals surface area contributed by atoms with Crippen molar-refractivity contribution < 1.29 is 14.4 Å². The number of carbonyl (C=O) groups is 3.